The lowest BCUT2D eigenvalue weighted by molar-refractivity contribution is -0.120. The SMILES string of the molecule is Cc1nn(C)c(C)c1CC(=O)NC[C@@H](O)c1ccc(Cl)s1. The van der Waals surface area contributed by atoms with Crippen LogP contribution in [-0.2, 0) is 18.3 Å². The van der Waals surface area contributed by atoms with Crippen molar-refractivity contribution < 1.29 is 9.90 Å². The van der Waals surface area contributed by atoms with Crippen LogP contribution in [-0.4, -0.2) is 27.3 Å². The third-order valence-corrected chi connectivity index (χ3v) is 4.74. The number of carbonyl (C=O) groups is 1. The van der Waals surface area contributed by atoms with E-state index >= 15 is 0 Å². The third-order valence-electron chi connectivity index (χ3n) is 3.41. The van der Waals surface area contributed by atoms with Crippen LogP contribution in [0.1, 0.15) is 27.9 Å². The van der Waals surface area contributed by atoms with Crippen molar-refractivity contribution in [3.63, 3.8) is 0 Å². The number of halogens is 1. The van der Waals surface area contributed by atoms with E-state index in [1.54, 1.807) is 16.8 Å². The number of aromatic nitrogens is 2. The standard InChI is InChI=1S/C14H18ClN3O2S/c1-8-10(9(2)18(3)17-8)6-14(20)16-7-11(19)12-4-5-13(15)21-12/h4-5,11,19H,6-7H2,1-3H3,(H,16,20)/t11-/m1/s1. The molecule has 0 aliphatic carbocycles. The second kappa shape index (κ2) is 6.60. The molecule has 5 nitrogen and oxygen atoms in total. The molecule has 0 radical (unpaired) electrons. The molecule has 2 aromatic heterocycles. The normalized spacial score (nSPS) is 12.4. The first-order valence-corrected chi connectivity index (χ1v) is 7.77. The summed E-state index contributed by atoms with van der Waals surface area (Å²) in [5.41, 5.74) is 2.77. The minimum Gasteiger partial charge on any atom is -0.386 e. The second-order valence-corrected chi connectivity index (χ2v) is 6.66. The maximum Gasteiger partial charge on any atom is 0.224 e. The molecule has 0 spiro atoms. The van der Waals surface area contributed by atoms with Crippen molar-refractivity contribution in [1.82, 2.24) is 15.1 Å². The fraction of sp³-hybridized carbons (Fsp3) is 0.429. The van der Waals surface area contributed by atoms with Gasteiger partial charge in [0.25, 0.3) is 0 Å². The van der Waals surface area contributed by atoms with Gasteiger partial charge >= 0.3 is 0 Å². The van der Waals surface area contributed by atoms with E-state index in [-0.39, 0.29) is 18.9 Å². The lowest BCUT2D eigenvalue weighted by atomic mass is 10.1. The van der Waals surface area contributed by atoms with E-state index in [2.05, 4.69) is 10.4 Å². The summed E-state index contributed by atoms with van der Waals surface area (Å²) >= 11 is 7.13. The molecule has 0 aliphatic rings. The first kappa shape index (κ1) is 16.0. The van der Waals surface area contributed by atoms with Crippen LogP contribution in [0.3, 0.4) is 0 Å². The Morgan fingerprint density at radius 3 is 2.76 bits per heavy atom. The topological polar surface area (TPSA) is 67.2 Å². The maximum atomic E-state index is 12.0. The summed E-state index contributed by atoms with van der Waals surface area (Å²) in [6, 6.07) is 3.49. The van der Waals surface area contributed by atoms with Crippen molar-refractivity contribution in [2.75, 3.05) is 6.54 Å². The molecule has 0 saturated carbocycles. The lowest BCUT2D eigenvalue weighted by Crippen LogP contribution is -2.29. The first-order valence-electron chi connectivity index (χ1n) is 6.57. The highest BCUT2D eigenvalue weighted by atomic mass is 35.5. The van der Waals surface area contributed by atoms with Gasteiger partial charge in [-0.2, -0.15) is 5.10 Å². The Hall–Kier alpha value is -1.37. The van der Waals surface area contributed by atoms with Crippen molar-refractivity contribution in [1.29, 1.82) is 0 Å². The number of amides is 1. The van der Waals surface area contributed by atoms with Gasteiger partial charge in [0.15, 0.2) is 0 Å². The molecular formula is C14H18ClN3O2S. The molecule has 0 fully saturated rings. The van der Waals surface area contributed by atoms with Crippen LogP contribution in [0.5, 0.6) is 0 Å². The summed E-state index contributed by atoms with van der Waals surface area (Å²) in [6.45, 7) is 4.00. The van der Waals surface area contributed by atoms with Crippen LogP contribution in [0.15, 0.2) is 12.1 Å². The fourth-order valence-electron chi connectivity index (χ4n) is 2.11. The summed E-state index contributed by atoms with van der Waals surface area (Å²) < 4.78 is 2.39. The van der Waals surface area contributed by atoms with Crippen molar-refractivity contribution in [3.8, 4) is 0 Å². The lowest BCUT2D eigenvalue weighted by Gasteiger charge is -2.10. The van der Waals surface area contributed by atoms with E-state index in [9.17, 15) is 9.90 Å². The molecule has 114 valence electrons. The van der Waals surface area contributed by atoms with Gasteiger partial charge in [-0.3, -0.25) is 9.48 Å². The number of aliphatic hydroxyl groups is 1. The van der Waals surface area contributed by atoms with E-state index in [1.165, 1.54) is 11.3 Å². The minimum atomic E-state index is -0.734. The van der Waals surface area contributed by atoms with Crippen molar-refractivity contribution in [2.24, 2.45) is 7.05 Å². The van der Waals surface area contributed by atoms with Crippen LogP contribution < -0.4 is 5.32 Å². The Balaban J connectivity index is 1.90. The summed E-state index contributed by atoms with van der Waals surface area (Å²) in [5.74, 6) is -0.129. The van der Waals surface area contributed by atoms with Crippen molar-refractivity contribution in [3.05, 3.63) is 38.3 Å². The third kappa shape index (κ3) is 3.84. The van der Waals surface area contributed by atoms with Gasteiger partial charge in [0, 0.05) is 29.7 Å². The van der Waals surface area contributed by atoms with Crippen molar-refractivity contribution >= 4 is 28.8 Å². The summed E-state index contributed by atoms with van der Waals surface area (Å²) in [6.07, 6.45) is -0.466. The van der Waals surface area contributed by atoms with Crippen LogP contribution in [0.25, 0.3) is 0 Å². The van der Waals surface area contributed by atoms with Gasteiger partial charge in [-0.1, -0.05) is 11.6 Å². The Morgan fingerprint density at radius 2 is 2.24 bits per heavy atom. The monoisotopic (exact) mass is 327 g/mol. The number of nitrogens with zero attached hydrogens (tertiary/aromatic N) is 2. The minimum absolute atomic E-state index is 0.129. The molecule has 0 aliphatic heterocycles. The Kier molecular flexibility index (Phi) is 5.03. The van der Waals surface area contributed by atoms with E-state index in [4.69, 9.17) is 11.6 Å². The Morgan fingerprint density at radius 1 is 1.52 bits per heavy atom. The molecule has 0 aromatic carbocycles. The number of nitrogens with one attached hydrogen (secondary N) is 1. The van der Waals surface area contributed by atoms with Gasteiger partial charge in [0.1, 0.15) is 6.10 Å². The van der Waals surface area contributed by atoms with Crippen LogP contribution >= 0.6 is 22.9 Å². The molecule has 0 unspecified atom stereocenters. The zero-order valence-electron chi connectivity index (χ0n) is 12.2. The highest BCUT2D eigenvalue weighted by Crippen LogP contribution is 2.26. The van der Waals surface area contributed by atoms with E-state index in [0.29, 0.717) is 4.34 Å². The fourth-order valence-corrected chi connectivity index (χ4v) is 3.16. The largest absolute Gasteiger partial charge is 0.386 e. The quantitative estimate of drug-likeness (QED) is 0.884. The smallest absolute Gasteiger partial charge is 0.224 e. The van der Waals surface area contributed by atoms with Gasteiger partial charge in [-0.15, -0.1) is 11.3 Å². The number of hydrogen-bond donors (Lipinski definition) is 2. The molecule has 1 atom stereocenters. The zero-order chi connectivity index (χ0) is 15.6. The number of aryl methyl sites for hydroxylation is 2. The molecular weight excluding hydrogens is 310 g/mol. The van der Waals surface area contributed by atoms with Crippen LogP contribution in [0.4, 0.5) is 0 Å². The Bertz CT molecular complexity index is 651. The number of hydrogen-bond acceptors (Lipinski definition) is 4. The zero-order valence-corrected chi connectivity index (χ0v) is 13.8. The maximum absolute atomic E-state index is 12.0. The van der Waals surface area contributed by atoms with Crippen LogP contribution in [0, 0.1) is 13.8 Å². The molecule has 0 bridgehead atoms. The highest BCUT2D eigenvalue weighted by molar-refractivity contribution is 7.16. The first-order chi connectivity index (χ1) is 9.88. The predicted molar refractivity (Wildman–Crippen MR) is 83.7 cm³/mol. The molecule has 2 N–H and O–H groups in total. The van der Waals surface area contributed by atoms with Crippen LogP contribution in [0.2, 0.25) is 4.34 Å². The average Bonchev–Trinajstić information content (AvgIpc) is 2.96. The van der Waals surface area contributed by atoms with E-state index in [0.717, 1.165) is 21.8 Å². The summed E-state index contributed by atoms with van der Waals surface area (Å²) in [4.78, 5) is 12.7. The molecule has 2 rings (SSSR count). The number of thiophene rings is 1. The van der Waals surface area contributed by atoms with E-state index < -0.39 is 6.10 Å². The molecule has 1 amide bonds. The molecule has 7 heteroatoms. The van der Waals surface area contributed by atoms with Gasteiger partial charge in [0.2, 0.25) is 5.91 Å². The molecule has 21 heavy (non-hydrogen) atoms. The summed E-state index contributed by atoms with van der Waals surface area (Å²) in [5, 5.41) is 17.0. The molecule has 0 saturated heterocycles. The second-order valence-electron chi connectivity index (χ2n) is 4.91. The average molecular weight is 328 g/mol. The molecule has 2 aromatic rings. The van der Waals surface area contributed by atoms with Gasteiger partial charge in [-0.05, 0) is 26.0 Å². The molecule has 2 heterocycles. The number of rotatable bonds is 5. The van der Waals surface area contributed by atoms with Gasteiger partial charge in [0.05, 0.1) is 16.5 Å². The van der Waals surface area contributed by atoms with Crippen molar-refractivity contribution in [2.45, 2.75) is 26.4 Å². The number of aliphatic hydroxyl groups excluding tert-OH is 1. The Labute approximate surface area is 132 Å². The van der Waals surface area contributed by atoms with Gasteiger partial charge in [-0.25, -0.2) is 0 Å². The predicted octanol–water partition coefficient (Wildman–Crippen LogP) is 2.14. The number of carbonyl (C=O) groups excluding carboxylic acids is 1. The highest BCUT2D eigenvalue weighted by Gasteiger charge is 2.15. The summed E-state index contributed by atoms with van der Waals surface area (Å²) in [7, 11) is 1.86. The van der Waals surface area contributed by atoms with E-state index in [1.807, 2.05) is 20.9 Å². The van der Waals surface area contributed by atoms with Gasteiger partial charge < -0.3 is 10.4 Å².